The molecule has 2 aliphatic rings. The van der Waals surface area contributed by atoms with E-state index in [9.17, 15) is 48.3 Å². The van der Waals surface area contributed by atoms with Gasteiger partial charge in [0.15, 0.2) is 12.1 Å². The van der Waals surface area contributed by atoms with Crippen LogP contribution in [-0.4, -0.2) is 142 Å². The average Bonchev–Trinajstić information content (AvgIpc) is 4.10. The van der Waals surface area contributed by atoms with E-state index >= 15 is 0 Å². The Morgan fingerprint density at radius 3 is 2.08 bits per heavy atom. The van der Waals surface area contributed by atoms with Gasteiger partial charge in [-0.25, -0.2) is 14.6 Å². The Morgan fingerprint density at radius 1 is 0.853 bits per heavy atom. The number of carbonyl (C=O) groups is 9. The van der Waals surface area contributed by atoms with Crippen molar-refractivity contribution < 1.29 is 62.1 Å². The van der Waals surface area contributed by atoms with Gasteiger partial charge < -0.3 is 55.4 Å². The molecule has 6 N–H and O–H groups in total. The van der Waals surface area contributed by atoms with Gasteiger partial charge in [-0.2, -0.15) is 0 Å². The van der Waals surface area contributed by atoms with Gasteiger partial charge in [-0.15, -0.1) is 0 Å². The zero-order valence-electron chi connectivity index (χ0n) is 44.1. The fourth-order valence-electron chi connectivity index (χ4n) is 9.45. The second-order valence-electron chi connectivity index (χ2n) is 19.5. The quantitative estimate of drug-likeness (QED) is 0.144. The summed E-state index contributed by atoms with van der Waals surface area (Å²) in [5.74, 6) is -11.5. The van der Waals surface area contributed by atoms with Gasteiger partial charge in [0.05, 0.1) is 24.7 Å². The number of primary amides is 1. The maximum atomic E-state index is 15.0. The summed E-state index contributed by atoms with van der Waals surface area (Å²) in [5.41, 5.74) is 6.92. The van der Waals surface area contributed by atoms with Crippen molar-refractivity contribution in [3.63, 3.8) is 0 Å². The van der Waals surface area contributed by atoms with Crippen LogP contribution in [0.5, 0.6) is 0 Å². The van der Waals surface area contributed by atoms with Crippen LogP contribution in [0, 0.1) is 17.8 Å². The smallest absolute Gasteiger partial charge is 0.332 e. The van der Waals surface area contributed by atoms with E-state index in [-0.39, 0.29) is 24.6 Å². The fraction of sp³-hybridized carbons (Fsp3) is 0.519. The van der Waals surface area contributed by atoms with Crippen LogP contribution in [0.2, 0.25) is 0 Å². The van der Waals surface area contributed by atoms with Crippen molar-refractivity contribution in [2.75, 3.05) is 27.7 Å². The molecule has 0 unspecified atom stereocenters. The number of carbonyl (C=O) groups excluding carboxylic acids is 8. The number of aromatic nitrogens is 1. The largest absolute Gasteiger partial charge is 0.480 e. The number of esters is 1. The van der Waals surface area contributed by atoms with Crippen LogP contribution in [-0.2, 0) is 52.6 Å². The van der Waals surface area contributed by atoms with Gasteiger partial charge in [-0.05, 0) is 42.7 Å². The lowest BCUT2D eigenvalue weighted by Gasteiger charge is -2.39. The molecule has 7 amide bonds. The highest BCUT2D eigenvalue weighted by Gasteiger charge is 2.46. The first-order chi connectivity index (χ1) is 35.6. The number of hydrogen-bond acceptors (Lipinski definition) is 13. The predicted octanol–water partition coefficient (Wildman–Crippen LogP) is 3.65. The van der Waals surface area contributed by atoms with Crippen molar-refractivity contribution in [2.24, 2.45) is 23.5 Å². The standard InChI is InChI=1S/C54H72N8O13/c1-10-30(3)43-49(67)56-36(27-40(55)63)51(68)62-26-18-23-39(62)48(66)59-42(46(73-9)35-21-16-13-17-22-35)54(72)75-45(38-29-74-50(58-38)32(5)24-25-34-19-14-12-15-20-34)33(6)47(65)57-37(53(70)71)28-41(64)60(7)44(31(4)11-2)52(69)61(43)8/h12-17,19-22,24-25,29-33,36-37,39,42-46H,10-11,18,23,26-28H2,1-9H3,(H2,55,63)(H,56,67)(H,57,65)(H,59,66)(H,70,71)/b25-24+/t30-,31+,32-,33+,36-,37+,39-,42-,43-,44+,45+,46+/m0/s1. The van der Waals surface area contributed by atoms with Gasteiger partial charge in [0.1, 0.15) is 48.3 Å². The summed E-state index contributed by atoms with van der Waals surface area (Å²) in [7, 11) is 4.00. The van der Waals surface area contributed by atoms with E-state index in [2.05, 4.69) is 20.9 Å². The summed E-state index contributed by atoms with van der Waals surface area (Å²) in [6, 6.07) is 8.89. The second-order valence-corrected chi connectivity index (χ2v) is 19.5. The summed E-state index contributed by atoms with van der Waals surface area (Å²) in [5, 5.41) is 18.3. The number of rotatable bonds is 14. The lowest BCUT2D eigenvalue weighted by molar-refractivity contribution is -0.163. The van der Waals surface area contributed by atoms with Gasteiger partial charge in [-0.3, -0.25) is 33.6 Å². The van der Waals surface area contributed by atoms with E-state index < -0.39 is 138 Å². The number of carboxylic acid groups (broad SMARTS) is 1. The third-order valence-electron chi connectivity index (χ3n) is 14.3. The maximum Gasteiger partial charge on any atom is 0.332 e. The van der Waals surface area contributed by atoms with Crippen molar-refractivity contribution in [2.45, 2.75) is 134 Å². The van der Waals surface area contributed by atoms with Crippen LogP contribution >= 0.6 is 0 Å². The molecule has 2 fully saturated rings. The van der Waals surface area contributed by atoms with Crippen LogP contribution in [0.25, 0.3) is 6.08 Å². The molecular weight excluding hydrogens is 969 g/mol. The first kappa shape index (κ1) is 58.5. The van der Waals surface area contributed by atoms with Crippen LogP contribution < -0.4 is 21.7 Å². The molecule has 21 nitrogen and oxygen atoms in total. The molecule has 0 aliphatic carbocycles. The van der Waals surface area contributed by atoms with Gasteiger partial charge in [0, 0.05) is 27.7 Å². The SMILES string of the molecule is CC[C@@H](C)[C@@H]1C(=O)N(C)[C@@H]([C@@H](C)CC)C(=O)N[C@@H](CC(N)=O)C(=O)N2CCC[C@H]2C(=O)N[C@@H]([C@H](OC)c2ccccc2)C(=O)O[C@@H](c2coc([C@@H](C)/C=C/c3ccccc3)n2)[C@@H](C)C(=O)N[C@@H](C(=O)O)CC(=O)N1C. The number of nitrogens with zero attached hydrogens (tertiary/aromatic N) is 4. The zero-order chi connectivity index (χ0) is 55.3. The van der Waals surface area contributed by atoms with E-state index in [4.69, 9.17) is 19.6 Å². The Balaban J connectivity index is 1.67. The third kappa shape index (κ3) is 14.5. The average molecular weight is 1040 g/mol. The number of amides is 7. The summed E-state index contributed by atoms with van der Waals surface area (Å²) < 4.78 is 18.0. The number of cyclic esters (lactones) is 1. The van der Waals surface area contributed by atoms with Crippen LogP contribution in [0.3, 0.4) is 0 Å². The van der Waals surface area contributed by atoms with Gasteiger partial charge in [-0.1, -0.05) is 120 Å². The van der Waals surface area contributed by atoms with Crippen LogP contribution in [0.1, 0.15) is 121 Å². The summed E-state index contributed by atoms with van der Waals surface area (Å²) in [6.45, 7) is 10.2. The number of likely N-dealkylation sites (N-methyl/N-ethyl adjacent to an activating group) is 2. The molecule has 1 aromatic heterocycles. The van der Waals surface area contributed by atoms with Crippen molar-refractivity contribution in [3.05, 3.63) is 95.7 Å². The Kier molecular flexibility index (Phi) is 20.8. The van der Waals surface area contributed by atoms with E-state index in [0.717, 1.165) is 10.5 Å². The number of fused-ring (bicyclic) bond motifs is 1. The molecule has 3 aromatic rings. The predicted molar refractivity (Wildman–Crippen MR) is 273 cm³/mol. The number of nitrogens with two attached hydrogens (primary N) is 1. The molecule has 0 saturated carbocycles. The van der Waals surface area contributed by atoms with E-state index in [1.807, 2.05) is 42.5 Å². The van der Waals surface area contributed by atoms with Gasteiger partial charge >= 0.3 is 11.9 Å². The summed E-state index contributed by atoms with van der Waals surface area (Å²) >= 11 is 0. The molecule has 2 saturated heterocycles. The third-order valence-corrected chi connectivity index (χ3v) is 14.3. The van der Waals surface area contributed by atoms with Crippen LogP contribution in [0.15, 0.2) is 77.4 Å². The molecule has 5 rings (SSSR count). The number of methoxy groups -OCH3 is 1. The van der Waals surface area contributed by atoms with Crippen molar-refractivity contribution in [1.82, 2.24) is 35.6 Å². The number of oxazole rings is 1. The number of carboxylic acids is 1. The Labute approximate surface area is 437 Å². The Hall–Kier alpha value is -7.42. The molecule has 406 valence electrons. The molecule has 12 atom stereocenters. The minimum atomic E-state index is -1.87. The van der Waals surface area contributed by atoms with E-state index in [0.29, 0.717) is 24.8 Å². The highest BCUT2D eigenvalue weighted by molar-refractivity contribution is 5.98. The molecule has 75 heavy (non-hydrogen) atoms. The monoisotopic (exact) mass is 1040 g/mol. The van der Waals surface area contributed by atoms with Gasteiger partial charge in [0.25, 0.3) is 0 Å². The zero-order valence-corrected chi connectivity index (χ0v) is 44.1. The molecule has 3 heterocycles. The fourth-order valence-corrected chi connectivity index (χ4v) is 9.45. The first-order valence-electron chi connectivity index (χ1n) is 25.3. The molecule has 0 radical (unpaired) electrons. The first-order valence-corrected chi connectivity index (χ1v) is 25.3. The van der Waals surface area contributed by atoms with Crippen molar-refractivity contribution in [1.29, 1.82) is 0 Å². The number of allylic oxidation sites excluding steroid dienone is 1. The topological polar surface area (TPSA) is 290 Å². The minimum Gasteiger partial charge on any atom is -0.480 e. The Bertz CT molecular complexity index is 2540. The highest BCUT2D eigenvalue weighted by atomic mass is 16.6. The Morgan fingerprint density at radius 2 is 1.48 bits per heavy atom. The molecular formula is C54H72N8O13. The van der Waals surface area contributed by atoms with Crippen LogP contribution in [0.4, 0.5) is 0 Å². The summed E-state index contributed by atoms with van der Waals surface area (Å²) in [6.07, 6.45) is 1.62. The summed E-state index contributed by atoms with van der Waals surface area (Å²) in [4.78, 5) is 136. The van der Waals surface area contributed by atoms with E-state index in [1.165, 1.54) is 44.2 Å². The van der Waals surface area contributed by atoms with E-state index in [1.54, 1.807) is 65.0 Å². The molecule has 21 heteroatoms. The number of aliphatic carboxylic acids is 1. The lowest BCUT2D eigenvalue weighted by Crippen LogP contribution is -2.61. The minimum absolute atomic E-state index is 0.00712. The number of ether oxygens (including phenoxy) is 2. The molecule has 2 aliphatic heterocycles. The van der Waals surface area contributed by atoms with Gasteiger partial charge in [0.2, 0.25) is 47.2 Å². The maximum absolute atomic E-state index is 15.0. The number of hydrogen-bond donors (Lipinski definition) is 5. The van der Waals surface area contributed by atoms with Crippen molar-refractivity contribution >= 4 is 59.4 Å². The molecule has 2 aromatic carbocycles. The number of nitrogens with one attached hydrogen (secondary N) is 3. The molecule has 0 bridgehead atoms. The normalized spacial score (nSPS) is 25.9. The molecule has 0 spiro atoms. The second kappa shape index (κ2) is 26.7. The lowest BCUT2D eigenvalue weighted by atomic mass is 9.92. The highest BCUT2D eigenvalue weighted by Crippen LogP contribution is 2.32. The van der Waals surface area contributed by atoms with Crippen molar-refractivity contribution in [3.8, 4) is 0 Å². The number of benzene rings is 2.